The Balaban J connectivity index is 2.93. The molecule has 0 aliphatic rings. The van der Waals surface area contributed by atoms with Gasteiger partial charge in [0.1, 0.15) is 5.02 Å². The highest BCUT2D eigenvalue weighted by Crippen LogP contribution is 2.28. The molecule has 6 heteroatoms. The third kappa shape index (κ3) is 2.95. The predicted octanol–water partition coefficient (Wildman–Crippen LogP) is 2.80. The van der Waals surface area contributed by atoms with E-state index in [2.05, 4.69) is 6.58 Å². The zero-order valence-electron chi connectivity index (χ0n) is 8.72. The molecular formula is C10H11ClN2O3. The Labute approximate surface area is 98.0 Å². The molecule has 1 aromatic rings. The third-order valence-electron chi connectivity index (χ3n) is 1.88. The summed E-state index contributed by atoms with van der Waals surface area (Å²) < 4.78 is 0. The zero-order chi connectivity index (χ0) is 12.1. The molecule has 0 unspecified atom stereocenters. The molecule has 0 aromatic heterocycles. The summed E-state index contributed by atoms with van der Waals surface area (Å²) >= 11 is 5.68. The van der Waals surface area contributed by atoms with Gasteiger partial charge in [-0.3, -0.25) is 20.0 Å². The molecule has 1 rings (SSSR count). The molecule has 0 N–H and O–H groups in total. The first kappa shape index (κ1) is 12.5. The van der Waals surface area contributed by atoms with Crippen molar-refractivity contribution in [3.05, 3.63) is 46.0 Å². The maximum atomic E-state index is 10.7. The van der Waals surface area contributed by atoms with Crippen LogP contribution in [-0.2, 0) is 4.84 Å². The summed E-state index contributed by atoms with van der Waals surface area (Å²) in [6.45, 7) is 3.83. The number of nitro benzene ring substituents is 1. The van der Waals surface area contributed by atoms with Gasteiger partial charge < -0.3 is 0 Å². The van der Waals surface area contributed by atoms with Gasteiger partial charge in [0.15, 0.2) is 0 Å². The van der Waals surface area contributed by atoms with Gasteiger partial charge in [-0.2, -0.15) is 0 Å². The summed E-state index contributed by atoms with van der Waals surface area (Å²) in [5, 5.41) is 12.2. The van der Waals surface area contributed by atoms with E-state index in [0.29, 0.717) is 12.3 Å². The second-order valence-corrected chi connectivity index (χ2v) is 3.38. The fourth-order valence-electron chi connectivity index (χ4n) is 1.08. The molecule has 0 aliphatic carbocycles. The Hall–Kier alpha value is -1.59. The standard InChI is InChI=1S/C10H11ClN2O3/c1-3-6-16-12(2)8-4-5-9(11)10(7-8)13(14)15/h3-5,7H,1,6H2,2H3. The van der Waals surface area contributed by atoms with Crippen molar-refractivity contribution in [3.63, 3.8) is 0 Å². The molecule has 16 heavy (non-hydrogen) atoms. The number of anilines is 1. The number of hydroxylamine groups is 1. The monoisotopic (exact) mass is 242 g/mol. The van der Waals surface area contributed by atoms with E-state index in [4.69, 9.17) is 16.4 Å². The highest BCUT2D eigenvalue weighted by Gasteiger charge is 2.14. The summed E-state index contributed by atoms with van der Waals surface area (Å²) in [7, 11) is 1.65. The average Bonchev–Trinajstić information content (AvgIpc) is 2.26. The Morgan fingerprint density at radius 2 is 2.38 bits per heavy atom. The van der Waals surface area contributed by atoms with E-state index in [1.165, 1.54) is 17.2 Å². The Morgan fingerprint density at radius 3 is 2.94 bits per heavy atom. The van der Waals surface area contributed by atoms with Crippen molar-refractivity contribution in [1.82, 2.24) is 0 Å². The molecule has 0 amide bonds. The molecule has 0 bridgehead atoms. The number of benzene rings is 1. The Kier molecular flexibility index (Phi) is 4.28. The quantitative estimate of drug-likeness (QED) is 0.453. The maximum absolute atomic E-state index is 10.7. The van der Waals surface area contributed by atoms with Crippen molar-refractivity contribution >= 4 is 23.0 Å². The minimum Gasteiger partial charge on any atom is -0.270 e. The molecule has 0 spiro atoms. The van der Waals surface area contributed by atoms with Gasteiger partial charge in [0.05, 0.1) is 17.2 Å². The van der Waals surface area contributed by atoms with E-state index in [1.54, 1.807) is 19.2 Å². The second kappa shape index (κ2) is 5.48. The molecule has 0 atom stereocenters. The van der Waals surface area contributed by atoms with Crippen LogP contribution in [0.4, 0.5) is 11.4 Å². The van der Waals surface area contributed by atoms with Crippen LogP contribution in [-0.4, -0.2) is 18.6 Å². The second-order valence-electron chi connectivity index (χ2n) is 2.97. The lowest BCUT2D eigenvalue weighted by atomic mass is 10.3. The van der Waals surface area contributed by atoms with Crippen LogP contribution in [0.1, 0.15) is 0 Å². The van der Waals surface area contributed by atoms with Crippen LogP contribution in [0.5, 0.6) is 0 Å². The third-order valence-corrected chi connectivity index (χ3v) is 2.20. The Bertz CT molecular complexity index is 409. The zero-order valence-corrected chi connectivity index (χ0v) is 9.48. The van der Waals surface area contributed by atoms with Crippen LogP contribution in [0.15, 0.2) is 30.9 Å². The number of rotatable bonds is 5. The van der Waals surface area contributed by atoms with Crippen LogP contribution < -0.4 is 5.06 Å². The average molecular weight is 243 g/mol. The smallest absolute Gasteiger partial charge is 0.270 e. The van der Waals surface area contributed by atoms with Gasteiger partial charge >= 0.3 is 0 Å². The van der Waals surface area contributed by atoms with E-state index in [1.807, 2.05) is 0 Å². The molecule has 5 nitrogen and oxygen atoms in total. The largest absolute Gasteiger partial charge is 0.290 e. The van der Waals surface area contributed by atoms with Crippen molar-refractivity contribution < 1.29 is 9.76 Å². The van der Waals surface area contributed by atoms with Gasteiger partial charge in [-0.15, -0.1) is 6.58 Å². The molecule has 0 heterocycles. The van der Waals surface area contributed by atoms with Crippen molar-refractivity contribution in [2.24, 2.45) is 0 Å². The Morgan fingerprint density at radius 1 is 1.69 bits per heavy atom. The van der Waals surface area contributed by atoms with Gasteiger partial charge in [0.25, 0.3) is 5.69 Å². The molecule has 0 radical (unpaired) electrons. The minimum absolute atomic E-state index is 0.103. The number of nitrogens with zero attached hydrogens (tertiary/aromatic N) is 2. The number of nitro groups is 1. The molecule has 0 saturated heterocycles. The summed E-state index contributed by atoms with van der Waals surface area (Å²) in [4.78, 5) is 15.3. The highest BCUT2D eigenvalue weighted by atomic mass is 35.5. The van der Waals surface area contributed by atoms with E-state index >= 15 is 0 Å². The fourth-order valence-corrected chi connectivity index (χ4v) is 1.26. The van der Waals surface area contributed by atoms with Crippen molar-refractivity contribution in [3.8, 4) is 0 Å². The SMILES string of the molecule is C=CCON(C)c1ccc(Cl)c([N+](=O)[O-])c1. The lowest BCUT2D eigenvalue weighted by Gasteiger charge is -2.17. The fraction of sp³-hybridized carbons (Fsp3) is 0.200. The summed E-state index contributed by atoms with van der Waals surface area (Å²) in [5.41, 5.74) is 0.408. The highest BCUT2D eigenvalue weighted by molar-refractivity contribution is 6.32. The van der Waals surface area contributed by atoms with Gasteiger partial charge in [-0.05, 0) is 12.1 Å². The maximum Gasteiger partial charge on any atom is 0.290 e. The molecule has 1 aromatic carbocycles. The summed E-state index contributed by atoms with van der Waals surface area (Å²) in [6.07, 6.45) is 1.58. The van der Waals surface area contributed by atoms with Crippen LogP contribution in [0.2, 0.25) is 5.02 Å². The first-order valence-corrected chi connectivity index (χ1v) is 4.85. The minimum atomic E-state index is -0.535. The first-order valence-electron chi connectivity index (χ1n) is 4.47. The van der Waals surface area contributed by atoms with E-state index < -0.39 is 4.92 Å². The number of halogens is 1. The summed E-state index contributed by atoms with van der Waals surface area (Å²) in [5.74, 6) is 0. The van der Waals surface area contributed by atoms with E-state index in [-0.39, 0.29) is 10.7 Å². The van der Waals surface area contributed by atoms with Gasteiger partial charge in [-0.25, -0.2) is 0 Å². The normalized spacial score (nSPS) is 9.88. The van der Waals surface area contributed by atoms with Crippen LogP contribution >= 0.6 is 11.6 Å². The lowest BCUT2D eigenvalue weighted by molar-refractivity contribution is -0.384. The molecule has 0 aliphatic heterocycles. The van der Waals surface area contributed by atoms with Crippen molar-refractivity contribution in [1.29, 1.82) is 0 Å². The first-order chi connectivity index (χ1) is 7.56. The predicted molar refractivity (Wildman–Crippen MR) is 62.7 cm³/mol. The van der Waals surface area contributed by atoms with Gasteiger partial charge in [0.2, 0.25) is 0 Å². The number of hydrogen-bond donors (Lipinski definition) is 0. The van der Waals surface area contributed by atoms with Crippen molar-refractivity contribution in [2.75, 3.05) is 18.7 Å². The van der Waals surface area contributed by atoms with E-state index in [0.717, 1.165) is 0 Å². The van der Waals surface area contributed by atoms with Crippen LogP contribution in [0.3, 0.4) is 0 Å². The molecule has 0 fully saturated rings. The lowest BCUT2D eigenvalue weighted by Crippen LogP contribution is -2.17. The molecule has 86 valence electrons. The topological polar surface area (TPSA) is 55.6 Å². The number of hydrogen-bond acceptors (Lipinski definition) is 4. The molecule has 0 saturated carbocycles. The summed E-state index contributed by atoms with van der Waals surface area (Å²) in [6, 6.07) is 4.45. The van der Waals surface area contributed by atoms with Gasteiger partial charge in [-0.1, -0.05) is 17.7 Å². The van der Waals surface area contributed by atoms with Crippen molar-refractivity contribution in [2.45, 2.75) is 0 Å². The van der Waals surface area contributed by atoms with E-state index in [9.17, 15) is 10.1 Å². The van der Waals surface area contributed by atoms with Gasteiger partial charge in [0, 0.05) is 13.1 Å². The van der Waals surface area contributed by atoms with Crippen LogP contribution in [0.25, 0.3) is 0 Å². The molecular weight excluding hydrogens is 232 g/mol. The van der Waals surface area contributed by atoms with Crippen LogP contribution in [0, 0.1) is 10.1 Å².